The van der Waals surface area contributed by atoms with Gasteiger partial charge in [0.1, 0.15) is 18.2 Å². The SMILES string of the molecule is N[C@@H]1COc2ccc(F)c(Br)c21. The molecule has 0 fully saturated rings. The Bertz CT molecular complexity index is 329. The van der Waals surface area contributed by atoms with Crippen molar-refractivity contribution in [2.75, 3.05) is 6.61 Å². The molecule has 1 aliphatic rings. The van der Waals surface area contributed by atoms with Gasteiger partial charge in [-0.1, -0.05) is 0 Å². The van der Waals surface area contributed by atoms with Crippen LogP contribution >= 0.6 is 15.9 Å². The first kappa shape index (κ1) is 8.01. The standard InChI is InChI=1S/C8H7BrFNO/c9-8-4(10)1-2-6-7(8)5(11)3-12-6/h1-2,5H,3,11H2/t5-/m1/s1. The van der Waals surface area contributed by atoms with Gasteiger partial charge in [0.05, 0.1) is 10.5 Å². The van der Waals surface area contributed by atoms with E-state index in [9.17, 15) is 4.39 Å². The Hall–Kier alpha value is -0.610. The van der Waals surface area contributed by atoms with Crippen LogP contribution in [0.2, 0.25) is 0 Å². The molecule has 1 aromatic carbocycles. The van der Waals surface area contributed by atoms with Gasteiger partial charge in [-0.2, -0.15) is 0 Å². The van der Waals surface area contributed by atoms with Crippen molar-refractivity contribution in [3.8, 4) is 5.75 Å². The second-order valence-electron chi connectivity index (χ2n) is 2.69. The first-order chi connectivity index (χ1) is 5.70. The highest BCUT2D eigenvalue weighted by Gasteiger charge is 2.24. The summed E-state index contributed by atoms with van der Waals surface area (Å²) in [6.45, 7) is 0.428. The summed E-state index contributed by atoms with van der Waals surface area (Å²) < 4.78 is 18.6. The predicted octanol–water partition coefficient (Wildman–Crippen LogP) is 1.98. The van der Waals surface area contributed by atoms with Gasteiger partial charge in [0.15, 0.2) is 0 Å². The van der Waals surface area contributed by atoms with Crippen LogP contribution in [-0.4, -0.2) is 6.61 Å². The van der Waals surface area contributed by atoms with Crippen LogP contribution in [0.3, 0.4) is 0 Å². The monoisotopic (exact) mass is 231 g/mol. The van der Waals surface area contributed by atoms with Crippen LogP contribution in [0.5, 0.6) is 5.75 Å². The minimum Gasteiger partial charge on any atom is -0.491 e. The van der Waals surface area contributed by atoms with Gasteiger partial charge in [0.25, 0.3) is 0 Å². The molecule has 64 valence electrons. The summed E-state index contributed by atoms with van der Waals surface area (Å²) in [5.74, 6) is 0.380. The molecule has 1 aromatic rings. The smallest absolute Gasteiger partial charge is 0.137 e. The highest BCUT2D eigenvalue weighted by atomic mass is 79.9. The molecule has 0 bridgehead atoms. The third-order valence-corrected chi connectivity index (χ3v) is 2.69. The fourth-order valence-electron chi connectivity index (χ4n) is 1.28. The molecule has 0 saturated carbocycles. The lowest BCUT2D eigenvalue weighted by Crippen LogP contribution is -2.11. The van der Waals surface area contributed by atoms with Gasteiger partial charge >= 0.3 is 0 Å². The van der Waals surface area contributed by atoms with E-state index in [1.54, 1.807) is 6.07 Å². The summed E-state index contributed by atoms with van der Waals surface area (Å²) in [5, 5.41) is 0. The van der Waals surface area contributed by atoms with Crippen molar-refractivity contribution in [3.05, 3.63) is 28.0 Å². The number of ether oxygens (including phenoxy) is 1. The molecule has 0 saturated heterocycles. The van der Waals surface area contributed by atoms with Crippen molar-refractivity contribution in [3.63, 3.8) is 0 Å². The van der Waals surface area contributed by atoms with Gasteiger partial charge < -0.3 is 10.5 Å². The van der Waals surface area contributed by atoms with Crippen molar-refractivity contribution in [2.24, 2.45) is 5.73 Å². The summed E-state index contributed by atoms with van der Waals surface area (Å²) in [7, 11) is 0. The lowest BCUT2D eigenvalue weighted by Gasteiger charge is -2.03. The number of nitrogens with two attached hydrogens (primary N) is 1. The minimum atomic E-state index is -0.297. The summed E-state index contributed by atoms with van der Waals surface area (Å²) in [4.78, 5) is 0. The maximum Gasteiger partial charge on any atom is 0.137 e. The summed E-state index contributed by atoms with van der Waals surface area (Å²) in [5.41, 5.74) is 6.43. The third-order valence-electron chi connectivity index (χ3n) is 1.88. The van der Waals surface area contributed by atoms with Gasteiger partial charge in [0.2, 0.25) is 0 Å². The molecule has 1 atom stereocenters. The van der Waals surface area contributed by atoms with Crippen LogP contribution in [0.25, 0.3) is 0 Å². The van der Waals surface area contributed by atoms with E-state index in [0.29, 0.717) is 16.8 Å². The quantitative estimate of drug-likeness (QED) is 0.742. The van der Waals surface area contributed by atoms with E-state index in [0.717, 1.165) is 5.56 Å². The second kappa shape index (κ2) is 2.71. The highest BCUT2D eigenvalue weighted by Crippen LogP contribution is 2.37. The van der Waals surface area contributed by atoms with Crippen molar-refractivity contribution < 1.29 is 9.13 Å². The maximum absolute atomic E-state index is 13.0. The van der Waals surface area contributed by atoms with Crippen molar-refractivity contribution in [2.45, 2.75) is 6.04 Å². The molecule has 1 aliphatic heterocycles. The van der Waals surface area contributed by atoms with Crippen LogP contribution < -0.4 is 10.5 Å². The van der Waals surface area contributed by atoms with Crippen LogP contribution in [0, 0.1) is 5.82 Å². The molecule has 4 heteroatoms. The normalized spacial score (nSPS) is 20.4. The lowest BCUT2D eigenvalue weighted by molar-refractivity contribution is 0.333. The molecule has 0 aliphatic carbocycles. The molecule has 0 radical (unpaired) electrons. The van der Waals surface area contributed by atoms with Gasteiger partial charge in [-0.15, -0.1) is 0 Å². The minimum absolute atomic E-state index is 0.218. The Labute approximate surface area is 77.6 Å². The Morgan fingerprint density at radius 3 is 3.08 bits per heavy atom. The Kier molecular flexibility index (Phi) is 1.81. The van der Waals surface area contributed by atoms with E-state index in [2.05, 4.69) is 15.9 Å². The van der Waals surface area contributed by atoms with E-state index in [-0.39, 0.29) is 11.9 Å². The number of halogens is 2. The maximum atomic E-state index is 13.0. The number of hydrogen-bond donors (Lipinski definition) is 1. The molecular weight excluding hydrogens is 225 g/mol. The Morgan fingerprint density at radius 2 is 2.33 bits per heavy atom. The zero-order chi connectivity index (χ0) is 8.72. The van der Waals surface area contributed by atoms with E-state index < -0.39 is 0 Å². The van der Waals surface area contributed by atoms with Gasteiger partial charge in [-0.3, -0.25) is 0 Å². The number of hydrogen-bond acceptors (Lipinski definition) is 2. The van der Waals surface area contributed by atoms with Gasteiger partial charge in [0, 0.05) is 5.56 Å². The molecule has 2 rings (SSSR count). The Balaban J connectivity index is 2.63. The summed E-state index contributed by atoms with van der Waals surface area (Å²) in [6, 6.07) is 2.74. The fraction of sp³-hybridized carbons (Fsp3) is 0.250. The average Bonchev–Trinajstić information content (AvgIpc) is 2.41. The molecule has 0 aromatic heterocycles. The van der Waals surface area contributed by atoms with Crippen LogP contribution in [-0.2, 0) is 0 Å². The topological polar surface area (TPSA) is 35.2 Å². The third kappa shape index (κ3) is 1.03. The second-order valence-corrected chi connectivity index (χ2v) is 3.48. The first-order valence-electron chi connectivity index (χ1n) is 3.56. The zero-order valence-corrected chi connectivity index (χ0v) is 7.77. The largest absolute Gasteiger partial charge is 0.491 e. The predicted molar refractivity (Wildman–Crippen MR) is 46.5 cm³/mol. The molecule has 2 nitrogen and oxygen atoms in total. The van der Waals surface area contributed by atoms with E-state index in [1.165, 1.54) is 6.07 Å². The summed E-state index contributed by atoms with van der Waals surface area (Å²) >= 11 is 3.14. The zero-order valence-electron chi connectivity index (χ0n) is 6.18. The molecule has 2 N–H and O–H groups in total. The van der Waals surface area contributed by atoms with Crippen molar-refractivity contribution in [1.82, 2.24) is 0 Å². The van der Waals surface area contributed by atoms with E-state index in [1.807, 2.05) is 0 Å². The van der Waals surface area contributed by atoms with Gasteiger partial charge in [-0.05, 0) is 28.1 Å². The van der Waals surface area contributed by atoms with E-state index in [4.69, 9.17) is 10.5 Å². The summed E-state index contributed by atoms with van der Waals surface area (Å²) in [6.07, 6.45) is 0. The Morgan fingerprint density at radius 1 is 1.58 bits per heavy atom. The molecule has 0 unspecified atom stereocenters. The molecular formula is C8H7BrFNO. The number of rotatable bonds is 0. The van der Waals surface area contributed by atoms with Crippen LogP contribution in [0.1, 0.15) is 11.6 Å². The van der Waals surface area contributed by atoms with Crippen LogP contribution in [0.4, 0.5) is 4.39 Å². The van der Waals surface area contributed by atoms with Crippen molar-refractivity contribution >= 4 is 15.9 Å². The molecule has 1 heterocycles. The fourth-order valence-corrected chi connectivity index (χ4v) is 1.90. The molecule has 0 amide bonds. The average molecular weight is 232 g/mol. The van der Waals surface area contributed by atoms with Crippen molar-refractivity contribution in [1.29, 1.82) is 0 Å². The number of fused-ring (bicyclic) bond motifs is 1. The van der Waals surface area contributed by atoms with Gasteiger partial charge in [-0.25, -0.2) is 4.39 Å². The highest BCUT2D eigenvalue weighted by molar-refractivity contribution is 9.10. The molecule has 12 heavy (non-hydrogen) atoms. The first-order valence-corrected chi connectivity index (χ1v) is 4.35. The van der Waals surface area contributed by atoms with Crippen LogP contribution in [0.15, 0.2) is 16.6 Å². The number of benzene rings is 1. The van der Waals surface area contributed by atoms with E-state index >= 15 is 0 Å². The molecule has 0 spiro atoms. The lowest BCUT2D eigenvalue weighted by atomic mass is 10.1.